The van der Waals surface area contributed by atoms with Crippen LogP contribution in [0.15, 0.2) is 86.5 Å². The van der Waals surface area contributed by atoms with E-state index in [-0.39, 0.29) is 11.5 Å². The Morgan fingerprint density at radius 1 is 0.970 bits per heavy atom. The first-order valence-electron chi connectivity index (χ1n) is 9.94. The molecule has 0 aliphatic heterocycles. The summed E-state index contributed by atoms with van der Waals surface area (Å²) < 4.78 is 22.6. The van der Waals surface area contributed by atoms with E-state index in [2.05, 4.69) is 15.9 Å². The lowest BCUT2D eigenvalue weighted by atomic mass is 10.1. The Morgan fingerprint density at radius 3 is 2.42 bits per heavy atom. The molecule has 4 aromatic rings. The van der Waals surface area contributed by atoms with Gasteiger partial charge in [0.25, 0.3) is 0 Å². The number of ether oxygens (including phenoxy) is 3. The number of para-hydroxylation sites is 1. The maximum Gasteiger partial charge on any atom is 0.336 e. The van der Waals surface area contributed by atoms with E-state index in [4.69, 9.17) is 18.6 Å². The Hall–Kier alpha value is -3.84. The minimum absolute atomic E-state index is 0.147. The van der Waals surface area contributed by atoms with Crippen molar-refractivity contribution in [2.45, 2.75) is 0 Å². The Balaban J connectivity index is 1.73. The molecule has 1 heterocycles. The predicted octanol–water partition coefficient (Wildman–Crippen LogP) is 5.86. The summed E-state index contributed by atoms with van der Waals surface area (Å²) in [4.78, 5) is 25.8. The number of rotatable bonds is 6. The summed E-state index contributed by atoms with van der Waals surface area (Å²) >= 11 is 3.44. The zero-order valence-corrected chi connectivity index (χ0v) is 19.4. The van der Waals surface area contributed by atoms with Crippen LogP contribution in [-0.2, 0) is 4.79 Å². The Kier molecular flexibility index (Phi) is 6.60. The van der Waals surface area contributed by atoms with Crippen LogP contribution in [-0.4, -0.2) is 20.2 Å². The summed E-state index contributed by atoms with van der Waals surface area (Å²) in [7, 11) is 3.13. The molecule has 3 aromatic carbocycles. The van der Waals surface area contributed by atoms with Gasteiger partial charge in [0.2, 0.25) is 11.2 Å². The van der Waals surface area contributed by atoms with Crippen molar-refractivity contribution in [3.8, 4) is 28.6 Å². The van der Waals surface area contributed by atoms with Crippen LogP contribution in [0.3, 0.4) is 0 Å². The summed E-state index contributed by atoms with van der Waals surface area (Å²) in [6.45, 7) is 0. The molecule has 0 saturated carbocycles. The number of fused-ring (bicyclic) bond motifs is 1. The first-order chi connectivity index (χ1) is 16.0. The molecule has 4 rings (SSSR count). The van der Waals surface area contributed by atoms with Crippen molar-refractivity contribution < 1.29 is 23.4 Å². The third-order valence-electron chi connectivity index (χ3n) is 4.90. The number of hydrogen-bond donors (Lipinski definition) is 0. The van der Waals surface area contributed by atoms with E-state index in [0.717, 1.165) is 5.56 Å². The maximum absolute atomic E-state index is 13.2. The third-order valence-corrected chi connectivity index (χ3v) is 5.52. The zero-order valence-electron chi connectivity index (χ0n) is 17.8. The van der Waals surface area contributed by atoms with Crippen LogP contribution in [0.25, 0.3) is 28.4 Å². The quantitative estimate of drug-likeness (QED) is 0.241. The SMILES string of the molecule is COc1ccc(/C=C/C(=O)Oc2c(-c3ccc(OC)c(Br)c3)oc3ccccc3c2=O)cc1. The van der Waals surface area contributed by atoms with Gasteiger partial charge in [-0.05, 0) is 70.0 Å². The molecule has 7 heteroatoms. The standard InChI is InChI=1S/C26H19BrO6/c1-30-18-11-7-16(8-12-18)9-14-23(28)33-26-24(29)19-5-3-4-6-21(19)32-25(26)17-10-13-22(31-2)20(27)15-17/h3-15H,1-2H3/b14-9+. The molecule has 0 spiro atoms. The van der Waals surface area contributed by atoms with Gasteiger partial charge in [-0.15, -0.1) is 0 Å². The summed E-state index contributed by atoms with van der Waals surface area (Å²) in [5.41, 5.74) is 1.27. The number of halogens is 1. The molecule has 1 aromatic heterocycles. The van der Waals surface area contributed by atoms with E-state index in [1.807, 2.05) is 0 Å². The molecular formula is C26H19BrO6. The fourth-order valence-corrected chi connectivity index (χ4v) is 3.77. The average molecular weight is 507 g/mol. The summed E-state index contributed by atoms with van der Waals surface area (Å²) in [5, 5.41) is 0.316. The molecule has 0 aliphatic carbocycles. The molecule has 166 valence electrons. The molecule has 0 aliphatic rings. The first-order valence-corrected chi connectivity index (χ1v) is 10.7. The molecule has 0 atom stereocenters. The number of benzene rings is 3. The van der Waals surface area contributed by atoms with Crippen molar-refractivity contribution in [2.24, 2.45) is 0 Å². The molecular weight excluding hydrogens is 488 g/mol. The number of carbonyl (C=O) groups is 1. The van der Waals surface area contributed by atoms with E-state index in [0.29, 0.717) is 32.5 Å². The van der Waals surface area contributed by atoms with E-state index < -0.39 is 11.4 Å². The normalized spacial score (nSPS) is 11.0. The van der Waals surface area contributed by atoms with Gasteiger partial charge in [0, 0.05) is 11.6 Å². The molecule has 0 bridgehead atoms. The summed E-state index contributed by atoms with van der Waals surface area (Å²) in [6.07, 6.45) is 2.85. The number of esters is 1. The average Bonchev–Trinajstić information content (AvgIpc) is 2.84. The highest BCUT2D eigenvalue weighted by atomic mass is 79.9. The van der Waals surface area contributed by atoms with Crippen LogP contribution in [0.5, 0.6) is 17.2 Å². The van der Waals surface area contributed by atoms with Crippen LogP contribution in [0.4, 0.5) is 0 Å². The minimum Gasteiger partial charge on any atom is -0.497 e. The molecule has 0 unspecified atom stereocenters. The molecule has 6 nitrogen and oxygen atoms in total. The van der Waals surface area contributed by atoms with Gasteiger partial charge < -0.3 is 18.6 Å². The lowest BCUT2D eigenvalue weighted by Crippen LogP contribution is -2.14. The van der Waals surface area contributed by atoms with Crippen LogP contribution < -0.4 is 19.6 Å². The third kappa shape index (κ3) is 4.83. The van der Waals surface area contributed by atoms with Crippen LogP contribution in [0.2, 0.25) is 0 Å². The zero-order chi connectivity index (χ0) is 23.4. The lowest BCUT2D eigenvalue weighted by molar-refractivity contribution is -0.129. The van der Waals surface area contributed by atoms with Gasteiger partial charge in [0.1, 0.15) is 17.1 Å². The van der Waals surface area contributed by atoms with Gasteiger partial charge >= 0.3 is 5.97 Å². The smallest absolute Gasteiger partial charge is 0.336 e. The summed E-state index contributed by atoms with van der Waals surface area (Å²) in [6, 6.07) is 19.1. The van der Waals surface area contributed by atoms with E-state index in [1.54, 1.807) is 87.0 Å². The van der Waals surface area contributed by atoms with Gasteiger partial charge in [0.05, 0.1) is 24.1 Å². The van der Waals surface area contributed by atoms with Crippen molar-refractivity contribution in [1.82, 2.24) is 0 Å². The van der Waals surface area contributed by atoms with Crippen LogP contribution in [0.1, 0.15) is 5.56 Å². The van der Waals surface area contributed by atoms with Crippen LogP contribution >= 0.6 is 15.9 Å². The molecule has 0 amide bonds. The second-order valence-electron chi connectivity index (χ2n) is 6.96. The van der Waals surface area contributed by atoms with E-state index in [9.17, 15) is 9.59 Å². The highest BCUT2D eigenvalue weighted by molar-refractivity contribution is 9.10. The molecule has 0 saturated heterocycles. The largest absolute Gasteiger partial charge is 0.497 e. The first kappa shape index (κ1) is 22.4. The Labute approximate surface area is 198 Å². The molecule has 0 N–H and O–H groups in total. The van der Waals surface area contributed by atoms with Gasteiger partial charge in [-0.3, -0.25) is 4.79 Å². The second kappa shape index (κ2) is 9.75. The van der Waals surface area contributed by atoms with E-state index >= 15 is 0 Å². The van der Waals surface area contributed by atoms with Crippen LogP contribution in [0, 0.1) is 0 Å². The van der Waals surface area contributed by atoms with Crippen molar-refractivity contribution >= 4 is 38.9 Å². The van der Waals surface area contributed by atoms with Crippen molar-refractivity contribution in [3.63, 3.8) is 0 Å². The van der Waals surface area contributed by atoms with Gasteiger partial charge in [-0.2, -0.15) is 0 Å². The molecule has 33 heavy (non-hydrogen) atoms. The minimum atomic E-state index is -0.706. The Bertz CT molecular complexity index is 1400. The summed E-state index contributed by atoms with van der Waals surface area (Å²) in [5.74, 6) is 0.576. The topological polar surface area (TPSA) is 75.0 Å². The van der Waals surface area contributed by atoms with Gasteiger partial charge in [-0.1, -0.05) is 24.3 Å². The Morgan fingerprint density at radius 2 is 1.73 bits per heavy atom. The van der Waals surface area contributed by atoms with E-state index in [1.165, 1.54) is 6.08 Å². The fourth-order valence-electron chi connectivity index (χ4n) is 3.23. The van der Waals surface area contributed by atoms with Crippen molar-refractivity contribution in [1.29, 1.82) is 0 Å². The number of methoxy groups -OCH3 is 2. The lowest BCUT2D eigenvalue weighted by Gasteiger charge is -2.11. The maximum atomic E-state index is 13.2. The number of carbonyl (C=O) groups excluding carboxylic acids is 1. The number of hydrogen-bond acceptors (Lipinski definition) is 6. The van der Waals surface area contributed by atoms with Crippen molar-refractivity contribution in [3.05, 3.63) is 93.1 Å². The monoisotopic (exact) mass is 506 g/mol. The molecule has 0 fully saturated rings. The predicted molar refractivity (Wildman–Crippen MR) is 130 cm³/mol. The van der Waals surface area contributed by atoms with Crippen molar-refractivity contribution in [2.75, 3.05) is 14.2 Å². The molecule has 0 radical (unpaired) electrons. The van der Waals surface area contributed by atoms with Gasteiger partial charge in [-0.25, -0.2) is 4.79 Å². The fraction of sp³-hybridized carbons (Fsp3) is 0.0769. The highest BCUT2D eigenvalue weighted by Crippen LogP contribution is 2.35. The second-order valence-corrected chi connectivity index (χ2v) is 7.82. The highest BCUT2D eigenvalue weighted by Gasteiger charge is 2.20. The van der Waals surface area contributed by atoms with Gasteiger partial charge in [0.15, 0.2) is 5.76 Å².